The van der Waals surface area contributed by atoms with Crippen molar-refractivity contribution in [1.29, 1.82) is 0 Å². The van der Waals surface area contributed by atoms with Crippen LogP contribution in [-0.4, -0.2) is 56.6 Å². The number of hydrogen-bond donors (Lipinski definition) is 3. The number of benzene rings is 1. The van der Waals surface area contributed by atoms with Crippen LogP contribution in [0.15, 0.2) is 29.3 Å². The van der Waals surface area contributed by atoms with Crippen LogP contribution in [0.5, 0.6) is 5.75 Å². The zero-order valence-corrected chi connectivity index (χ0v) is 18.8. The molecule has 0 aromatic heterocycles. The molecule has 27 heavy (non-hydrogen) atoms. The number of aryl methyl sites for hydroxylation is 1. The Bertz CT molecular complexity index is 553. The molecule has 1 unspecified atom stereocenters. The van der Waals surface area contributed by atoms with Gasteiger partial charge < -0.3 is 25.2 Å². The van der Waals surface area contributed by atoms with Gasteiger partial charge in [0.1, 0.15) is 18.5 Å². The molecule has 1 aromatic carbocycles. The summed E-state index contributed by atoms with van der Waals surface area (Å²) in [6.45, 7) is 7.80. The molecule has 0 amide bonds. The highest BCUT2D eigenvalue weighted by Gasteiger charge is 2.20. The number of nitrogens with zero attached hydrogens (tertiary/aromatic N) is 1. The summed E-state index contributed by atoms with van der Waals surface area (Å²) in [6, 6.07) is 7.79. The quantitative estimate of drug-likeness (QED) is 0.182. The number of aliphatic hydroxyl groups is 1. The number of nitrogens with one attached hydrogen (secondary N) is 2. The van der Waals surface area contributed by atoms with Crippen molar-refractivity contribution in [2.75, 3.05) is 39.5 Å². The Morgan fingerprint density at radius 3 is 2.85 bits per heavy atom. The highest BCUT2D eigenvalue weighted by atomic mass is 127. The summed E-state index contributed by atoms with van der Waals surface area (Å²) in [4.78, 5) is 4.42. The molecule has 0 saturated heterocycles. The van der Waals surface area contributed by atoms with Gasteiger partial charge in [-0.15, -0.1) is 24.0 Å². The number of hydrogen-bond acceptors (Lipinski definition) is 4. The fourth-order valence-electron chi connectivity index (χ4n) is 2.40. The first-order chi connectivity index (χ1) is 12.7. The van der Waals surface area contributed by atoms with Gasteiger partial charge in [0.05, 0.1) is 6.54 Å². The fraction of sp³-hybridized carbons (Fsp3) is 0.650. The van der Waals surface area contributed by atoms with Gasteiger partial charge in [0.25, 0.3) is 0 Å². The number of guanidine groups is 1. The highest BCUT2D eigenvalue weighted by molar-refractivity contribution is 14.0. The molecule has 0 aliphatic heterocycles. The Morgan fingerprint density at radius 1 is 1.33 bits per heavy atom. The zero-order valence-electron chi connectivity index (χ0n) is 16.4. The Hall–Kier alpha value is -1.06. The lowest BCUT2D eigenvalue weighted by atomic mass is 10.2. The first kappa shape index (κ1) is 24.0. The Balaban J connectivity index is 0.00000364. The molecule has 0 radical (unpaired) electrons. The Labute approximate surface area is 180 Å². The van der Waals surface area contributed by atoms with Crippen molar-refractivity contribution in [3.8, 4) is 5.75 Å². The Kier molecular flexibility index (Phi) is 12.4. The normalized spacial score (nSPS) is 15.0. The van der Waals surface area contributed by atoms with Crippen molar-refractivity contribution in [2.45, 2.75) is 39.2 Å². The average Bonchev–Trinajstić information content (AvgIpc) is 3.45. The van der Waals surface area contributed by atoms with E-state index in [0.717, 1.165) is 50.0 Å². The van der Waals surface area contributed by atoms with Crippen LogP contribution < -0.4 is 15.4 Å². The van der Waals surface area contributed by atoms with Gasteiger partial charge in [0, 0.05) is 26.3 Å². The molecule has 1 aliphatic carbocycles. The zero-order chi connectivity index (χ0) is 18.6. The first-order valence-electron chi connectivity index (χ1n) is 9.65. The second-order valence-electron chi connectivity index (χ2n) is 6.80. The smallest absolute Gasteiger partial charge is 0.191 e. The van der Waals surface area contributed by atoms with Crippen molar-refractivity contribution < 1.29 is 14.6 Å². The van der Waals surface area contributed by atoms with E-state index in [4.69, 9.17) is 9.47 Å². The van der Waals surface area contributed by atoms with Gasteiger partial charge in [0.2, 0.25) is 0 Å². The molecule has 0 bridgehead atoms. The van der Waals surface area contributed by atoms with Crippen molar-refractivity contribution in [3.05, 3.63) is 29.8 Å². The van der Waals surface area contributed by atoms with Crippen LogP contribution in [0.4, 0.5) is 0 Å². The monoisotopic (exact) mass is 491 g/mol. The minimum atomic E-state index is -0.646. The van der Waals surface area contributed by atoms with Crippen LogP contribution >= 0.6 is 24.0 Å². The summed E-state index contributed by atoms with van der Waals surface area (Å²) < 4.78 is 11.2. The molecule has 2 rings (SSSR count). The van der Waals surface area contributed by atoms with E-state index in [2.05, 4.69) is 15.6 Å². The summed E-state index contributed by atoms with van der Waals surface area (Å²) in [7, 11) is 0. The molecule has 0 spiro atoms. The van der Waals surface area contributed by atoms with Crippen LogP contribution in [0.3, 0.4) is 0 Å². The largest absolute Gasteiger partial charge is 0.491 e. The molecule has 1 aliphatic rings. The molecule has 1 atom stereocenters. The van der Waals surface area contributed by atoms with Crippen LogP contribution in [0.2, 0.25) is 0 Å². The molecular formula is C20H34IN3O3. The lowest BCUT2D eigenvalue weighted by Gasteiger charge is -2.14. The van der Waals surface area contributed by atoms with E-state index in [9.17, 15) is 5.11 Å². The number of halogens is 1. The Morgan fingerprint density at radius 2 is 2.15 bits per heavy atom. The van der Waals surface area contributed by atoms with E-state index in [0.29, 0.717) is 12.5 Å². The standard InChI is InChI=1S/C20H33N3O3.HI/c1-3-21-20(22-10-5-11-25-14-17-8-9-17)23-13-18(24)15-26-19-7-4-6-16(2)12-19;/h4,6-7,12,17-18,24H,3,5,8-11,13-15H2,1-2H3,(H2,21,22,23);1H. The predicted octanol–water partition coefficient (Wildman–Crippen LogP) is 2.72. The SMILES string of the molecule is CCNC(=NCC(O)COc1cccc(C)c1)NCCCOCC1CC1.I. The lowest BCUT2D eigenvalue weighted by Crippen LogP contribution is -2.39. The fourth-order valence-corrected chi connectivity index (χ4v) is 2.40. The van der Waals surface area contributed by atoms with Crippen LogP contribution in [0.25, 0.3) is 0 Å². The minimum Gasteiger partial charge on any atom is -0.491 e. The lowest BCUT2D eigenvalue weighted by molar-refractivity contribution is 0.114. The summed E-state index contributed by atoms with van der Waals surface area (Å²) in [5, 5.41) is 16.5. The first-order valence-corrected chi connectivity index (χ1v) is 9.65. The van der Waals surface area contributed by atoms with Crippen molar-refractivity contribution >= 4 is 29.9 Å². The summed E-state index contributed by atoms with van der Waals surface area (Å²) in [5.74, 6) is 2.29. The number of aliphatic imine (C=N–C) groups is 1. The van der Waals surface area contributed by atoms with Gasteiger partial charge in [-0.2, -0.15) is 0 Å². The molecule has 6 nitrogen and oxygen atoms in total. The van der Waals surface area contributed by atoms with Gasteiger partial charge >= 0.3 is 0 Å². The molecule has 154 valence electrons. The van der Waals surface area contributed by atoms with Crippen molar-refractivity contribution in [3.63, 3.8) is 0 Å². The summed E-state index contributed by atoms with van der Waals surface area (Å²) in [5.41, 5.74) is 1.13. The van der Waals surface area contributed by atoms with E-state index in [1.165, 1.54) is 12.8 Å². The second-order valence-corrected chi connectivity index (χ2v) is 6.80. The van der Waals surface area contributed by atoms with E-state index >= 15 is 0 Å². The predicted molar refractivity (Wildman–Crippen MR) is 120 cm³/mol. The highest BCUT2D eigenvalue weighted by Crippen LogP contribution is 2.28. The number of aliphatic hydroxyl groups excluding tert-OH is 1. The van der Waals surface area contributed by atoms with Crippen LogP contribution in [0, 0.1) is 12.8 Å². The van der Waals surface area contributed by atoms with Crippen molar-refractivity contribution in [1.82, 2.24) is 10.6 Å². The van der Waals surface area contributed by atoms with E-state index in [1.54, 1.807) is 0 Å². The van der Waals surface area contributed by atoms with Crippen LogP contribution in [0.1, 0.15) is 31.7 Å². The summed E-state index contributed by atoms with van der Waals surface area (Å²) >= 11 is 0. The van der Waals surface area contributed by atoms with Gasteiger partial charge in [0.15, 0.2) is 5.96 Å². The molecule has 1 aromatic rings. The molecule has 1 fully saturated rings. The van der Waals surface area contributed by atoms with Gasteiger partial charge in [-0.1, -0.05) is 12.1 Å². The topological polar surface area (TPSA) is 75.1 Å². The van der Waals surface area contributed by atoms with E-state index in [1.807, 2.05) is 38.1 Å². The summed E-state index contributed by atoms with van der Waals surface area (Å²) in [6.07, 6.45) is 2.94. The maximum Gasteiger partial charge on any atom is 0.191 e. The van der Waals surface area contributed by atoms with Crippen LogP contribution in [-0.2, 0) is 4.74 Å². The van der Waals surface area contributed by atoms with Gasteiger partial charge in [-0.3, -0.25) is 4.99 Å². The van der Waals surface area contributed by atoms with Gasteiger partial charge in [-0.25, -0.2) is 0 Å². The molecule has 7 heteroatoms. The second kappa shape index (κ2) is 14.0. The third-order valence-corrected chi connectivity index (χ3v) is 4.04. The van der Waals surface area contributed by atoms with Gasteiger partial charge in [-0.05, 0) is 56.7 Å². The number of rotatable bonds is 12. The molecule has 0 heterocycles. The average molecular weight is 491 g/mol. The van der Waals surface area contributed by atoms with E-state index in [-0.39, 0.29) is 30.6 Å². The molecule has 1 saturated carbocycles. The molecular weight excluding hydrogens is 457 g/mol. The maximum absolute atomic E-state index is 10.1. The molecule has 3 N–H and O–H groups in total. The van der Waals surface area contributed by atoms with E-state index < -0.39 is 6.10 Å². The van der Waals surface area contributed by atoms with Crippen molar-refractivity contribution in [2.24, 2.45) is 10.9 Å². The number of ether oxygens (including phenoxy) is 2. The third kappa shape index (κ3) is 11.4. The maximum atomic E-state index is 10.1. The third-order valence-electron chi connectivity index (χ3n) is 4.04. The minimum absolute atomic E-state index is 0.